The summed E-state index contributed by atoms with van der Waals surface area (Å²) in [4.78, 5) is 33.4. The van der Waals surface area contributed by atoms with Gasteiger partial charge >= 0.3 is 5.97 Å². The quantitative estimate of drug-likeness (QED) is 0.586. The molecule has 0 aliphatic heterocycles. The molecule has 19 heavy (non-hydrogen) atoms. The number of hydrogen-bond acceptors (Lipinski definition) is 4. The molecule has 1 unspecified atom stereocenters. The van der Waals surface area contributed by atoms with Crippen LogP contribution in [0.5, 0.6) is 0 Å². The molecule has 7 heteroatoms. The lowest BCUT2D eigenvalue weighted by Gasteiger charge is -2.11. The number of rotatable bonds is 5. The summed E-state index contributed by atoms with van der Waals surface area (Å²) in [7, 11) is 1.50. The highest BCUT2D eigenvalue weighted by Crippen LogP contribution is 2.11. The number of carbonyl (C=O) groups excluding carboxylic acids is 2. The molecular formula is C12H15N3O4. The number of carboxylic acids is 1. The summed E-state index contributed by atoms with van der Waals surface area (Å²) in [5, 5.41) is 13.5. The number of amides is 2. The number of benzene rings is 1. The molecule has 0 aliphatic rings. The fourth-order valence-electron chi connectivity index (χ4n) is 1.40. The minimum absolute atomic E-state index is 0.286. The molecule has 0 radical (unpaired) electrons. The average molecular weight is 265 g/mol. The van der Waals surface area contributed by atoms with Crippen LogP contribution in [0.2, 0.25) is 0 Å². The smallest absolute Gasteiger partial charge is 0.305 e. The second-order valence-corrected chi connectivity index (χ2v) is 3.85. The number of hydrogen-bond donors (Lipinski definition) is 4. The molecule has 0 bridgehead atoms. The summed E-state index contributed by atoms with van der Waals surface area (Å²) in [5.41, 5.74) is 6.18. The number of carboxylic acid groups (broad SMARTS) is 1. The maximum atomic E-state index is 11.6. The Kier molecular flexibility index (Phi) is 5.01. The van der Waals surface area contributed by atoms with Gasteiger partial charge in [-0.3, -0.25) is 14.4 Å². The van der Waals surface area contributed by atoms with Gasteiger partial charge in [-0.25, -0.2) is 0 Å². The number of carbonyl (C=O) groups is 3. The van der Waals surface area contributed by atoms with Crippen molar-refractivity contribution in [2.24, 2.45) is 5.73 Å². The Morgan fingerprint density at radius 3 is 2.63 bits per heavy atom. The normalized spacial score (nSPS) is 11.5. The summed E-state index contributed by atoms with van der Waals surface area (Å²) in [6, 6.07) is 5.11. The molecule has 0 fully saturated rings. The van der Waals surface area contributed by atoms with Crippen molar-refractivity contribution in [1.29, 1.82) is 0 Å². The largest absolute Gasteiger partial charge is 0.481 e. The monoisotopic (exact) mass is 265 g/mol. The van der Waals surface area contributed by atoms with E-state index in [0.29, 0.717) is 11.3 Å². The van der Waals surface area contributed by atoms with Crippen LogP contribution in [0.4, 0.5) is 5.69 Å². The third-order valence-electron chi connectivity index (χ3n) is 2.35. The van der Waals surface area contributed by atoms with Gasteiger partial charge in [0.25, 0.3) is 5.91 Å². The average Bonchev–Trinajstić information content (AvgIpc) is 2.37. The van der Waals surface area contributed by atoms with Crippen molar-refractivity contribution >= 4 is 23.5 Å². The van der Waals surface area contributed by atoms with E-state index in [1.165, 1.54) is 13.1 Å². The van der Waals surface area contributed by atoms with E-state index in [2.05, 4.69) is 10.6 Å². The Balaban J connectivity index is 2.74. The van der Waals surface area contributed by atoms with E-state index in [-0.39, 0.29) is 5.91 Å². The zero-order chi connectivity index (χ0) is 14.4. The molecule has 2 amide bonds. The standard InChI is InChI=1S/C12H15N3O4/c1-14-11(18)7-3-2-4-8(5-7)15-12(19)9(13)6-10(16)17/h2-5,9H,6,13H2,1H3,(H,14,18)(H,15,19)(H,16,17). The first kappa shape index (κ1) is 14.7. The summed E-state index contributed by atoms with van der Waals surface area (Å²) in [5.74, 6) is -2.05. The van der Waals surface area contributed by atoms with E-state index in [9.17, 15) is 14.4 Å². The zero-order valence-corrected chi connectivity index (χ0v) is 10.3. The van der Waals surface area contributed by atoms with Crippen LogP contribution in [0.25, 0.3) is 0 Å². The predicted molar refractivity (Wildman–Crippen MR) is 68.7 cm³/mol. The van der Waals surface area contributed by atoms with Crippen LogP contribution in [0.1, 0.15) is 16.8 Å². The summed E-state index contributed by atoms with van der Waals surface area (Å²) in [6.45, 7) is 0. The van der Waals surface area contributed by atoms with Crippen LogP contribution >= 0.6 is 0 Å². The third kappa shape index (κ3) is 4.40. The predicted octanol–water partition coefficient (Wildman–Crippen LogP) is -0.213. The lowest BCUT2D eigenvalue weighted by atomic mass is 10.1. The van der Waals surface area contributed by atoms with Gasteiger partial charge in [0.1, 0.15) is 0 Å². The molecule has 7 nitrogen and oxygen atoms in total. The first-order chi connectivity index (χ1) is 8.93. The van der Waals surface area contributed by atoms with Gasteiger partial charge in [-0.05, 0) is 18.2 Å². The molecule has 1 aromatic rings. The Labute approximate surface area is 109 Å². The summed E-state index contributed by atoms with van der Waals surface area (Å²) in [6.07, 6.45) is -0.457. The Bertz CT molecular complexity index is 502. The van der Waals surface area contributed by atoms with E-state index in [4.69, 9.17) is 10.8 Å². The number of anilines is 1. The topological polar surface area (TPSA) is 122 Å². The molecule has 1 aromatic carbocycles. The second kappa shape index (κ2) is 6.50. The van der Waals surface area contributed by atoms with Crippen LogP contribution in [-0.4, -0.2) is 36.0 Å². The van der Waals surface area contributed by atoms with Crippen LogP contribution in [0, 0.1) is 0 Å². The highest BCUT2D eigenvalue weighted by atomic mass is 16.4. The molecule has 102 valence electrons. The maximum absolute atomic E-state index is 11.6. The van der Waals surface area contributed by atoms with Crippen molar-refractivity contribution in [2.75, 3.05) is 12.4 Å². The van der Waals surface area contributed by atoms with Crippen molar-refractivity contribution in [1.82, 2.24) is 5.32 Å². The van der Waals surface area contributed by atoms with E-state index in [0.717, 1.165) is 0 Å². The third-order valence-corrected chi connectivity index (χ3v) is 2.35. The zero-order valence-electron chi connectivity index (χ0n) is 10.3. The van der Waals surface area contributed by atoms with E-state index < -0.39 is 24.3 Å². The summed E-state index contributed by atoms with van der Waals surface area (Å²) >= 11 is 0. The van der Waals surface area contributed by atoms with Crippen LogP contribution in [0.15, 0.2) is 24.3 Å². The van der Waals surface area contributed by atoms with Gasteiger partial charge in [0, 0.05) is 18.3 Å². The fraction of sp³-hybridized carbons (Fsp3) is 0.250. The maximum Gasteiger partial charge on any atom is 0.305 e. The van der Waals surface area contributed by atoms with Crippen molar-refractivity contribution in [2.45, 2.75) is 12.5 Å². The summed E-state index contributed by atoms with van der Waals surface area (Å²) < 4.78 is 0. The van der Waals surface area contributed by atoms with Crippen LogP contribution in [-0.2, 0) is 9.59 Å². The van der Waals surface area contributed by atoms with Crippen LogP contribution < -0.4 is 16.4 Å². The highest BCUT2D eigenvalue weighted by Gasteiger charge is 2.17. The highest BCUT2D eigenvalue weighted by molar-refractivity contribution is 5.99. The van der Waals surface area contributed by atoms with Crippen molar-refractivity contribution in [3.05, 3.63) is 29.8 Å². The molecule has 0 saturated heterocycles. The second-order valence-electron chi connectivity index (χ2n) is 3.85. The van der Waals surface area contributed by atoms with Gasteiger partial charge in [0.05, 0.1) is 12.5 Å². The molecule has 5 N–H and O–H groups in total. The van der Waals surface area contributed by atoms with Crippen molar-refractivity contribution in [3.8, 4) is 0 Å². The molecule has 0 saturated carbocycles. The number of aliphatic carboxylic acids is 1. The number of nitrogens with two attached hydrogens (primary N) is 1. The molecule has 0 aromatic heterocycles. The van der Waals surface area contributed by atoms with E-state index >= 15 is 0 Å². The van der Waals surface area contributed by atoms with E-state index in [1.54, 1.807) is 18.2 Å². The lowest BCUT2D eigenvalue weighted by Crippen LogP contribution is -2.37. The van der Waals surface area contributed by atoms with Gasteiger partial charge in [0.15, 0.2) is 0 Å². The molecule has 0 aliphatic carbocycles. The first-order valence-corrected chi connectivity index (χ1v) is 5.54. The number of nitrogens with one attached hydrogen (secondary N) is 2. The van der Waals surface area contributed by atoms with Gasteiger partial charge in [-0.15, -0.1) is 0 Å². The van der Waals surface area contributed by atoms with Gasteiger partial charge in [-0.1, -0.05) is 6.07 Å². The van der Waals surface area contributed by atoms with Gasteiger partial charge in [-0.2, -0.15) is 0 Å². The minimum atomic E-state index is -1.15. The van der Waals surface area contributed by atoms with Gasteiger partial charge in [0.2, 0.25) is 5.91 Å². The minimum Gasteiger partial charge on any atom is -0.481 e. The molecule has 1 rings (SSSR count). The van der Waals surface area contributed by atoms with Crippen molar-refractivity contribution < 1.29 is 19.5 Å². The molecule has 0 heterocycles. The Morgan fingerprint density at radius 1 is 1.37 bits per heavy atom. The molecule has 0 spiro atoms. The van der Waals surface area contributed by atoms with E-state index in [1.807, 2.05) is 0 Å². The SMILES string of the molecule is CNC(=O)c1cccc(NC(=O)C(N)CC(=O)O)c1. The van der Waals surface area contributed by atoms with Gasteiger partial charge < -0.3 is 21.5 Å². The molecule has 1 atom stereocenters. The lowest BCUT2D eigenvalue weighted by molar-refractivity contribution is -0.138. The Morgan fingerprint density at radius 2 is 2.05 bits per heavy atom. The van der Waals surface area contributed by atoms with Crippen molar-refractivity contribution in [3.63, 3.8) is 0 Å². The Hall–Kier alpha value is -2.41. The fourth-order valence-corrected chi connectivity index (χ4v) is 1.40. The van der Waals surface area contributed by atoms with Crippen LogP contribution in [0.3, 0.4) is 0 Å². The molecular weight excluding hydrogens is 250 g/mol. The first-order valence-electron chi connectivity index (χ1n) is 5.54.